The van der Waals surface area contributed by atoms with Gasteiger partial charge in [-0.25, -0.2) is 4.79 Å². The van der Waals surface area contributed by atoms with Gasteiger partial charge in [-0.15, -0.1) is 0 Å². The average molecular weight is 468 g/mol. The second-order valence-corrected chi connectivity index (χ2v) is 7.63. The molecule has 0 aromatic heterocycles. The lowest BCUT2D eigenvalue weighted by atomic mass is 10.1. The van der Waals surface area contributed by atoms with Crippen LogP contribution >= 0.6 is 23.2 Å². The van der Waals surface area contributed by atoms with Crippen LogP contribution in [0.3, 0.4) is 0 Å². The first kappa shape index (κ1) is 22.4. The largest absolute Gasteiger partial charge is 0.457 e. The smallest absolute Gasteiger partial charge is 0.345 e. The number of piperidine rings is 1. The predicted molar refractivity (Wildman–Crippen MR) is 111 cm³/mol. The Morgan fingerprint density at radius 1 is 0.968 bits per heavy atom. The molecule has 1 atom stereocenters. The molecule has 0 aliphatic carbocycles. The summed E-state index contributed by atoms with van der Waals surface area (Å²) >= 11 is 11.7. The Labute approximate surface area is 185 Å². The van der Waals surface area contributed by atoms with E-state index in [1.807, 2.05) is 0 Å². The number of nitrogens with zero attached hydrogens (tertiary/aromatic N) is 3. The van der Waals surface area contributed by atoms with Crippen LogP contribution in [0.1, 0.15) is 33.6 Å². The number of carbonyl (C=O) groups is 2. The van der Waals surface area contributed by atoms with Crippen molar-refractivity contribution in [3.8, 4) is 0 Å². The molecule has 12 heteroatoms. The zero-order chi connectivity index (χ0) is 22.7. The van der Waals surface area contributed by atoms with Crippen LogP contribution in [-0.4, -0.2) is 45.8 Å². The predicted octanol–water partition coefficient (Wildman–Crippen LogP) is 4.27. The number of hydrogen-bond donors (Lipinski definition) is 0. The van der Waals surface area contributed by atoms with E-state index in [1.165, 1.54) is 23.1 Å². The molecular weight excluding hydrogens is 453 g/mol. The fourth-order valence-corrected chi connectivity index (χ4v) is 3.62. The van der Waals surface area contributed by atoms with Crippen LogP contribution in [0.5, 0.6) is 0 Å². The van der Waals surface area contributed by atoms with Gasteiger partial charge in [0, 0.05) is 28.7 Å². The number of nitro groups is 2. The number of hydrogen-bond acceptors (Lipinski definition) is 7. The highest BCUT2D eigenvalue weighted by Gasteiger charge is 2.32. The SMILES string of the molecule is O=C(O[C@@H]1CCCN(C(=O)c2cc(Cl)ccc2[N+](=O)[O-])C1)c1cc(Cl)ccc1[N+](=O)[O-]. The molecule has 2 aromatic rings. The van der Waals surface area contributed by atoms with Gasteiger partial charge in [0.05, 0.1) is 16.4 Å². The molecule has 1 fully saturated rings. The summed E-state index contributed by atoms with van der Waals surface area (Å²) < 4.78 is 5.39. The molecule has 1 aliphatic rings. The number of halogens is 2. The number of rotatable bonds is 5. The summed E-state index contributed by atoms with van der Waals surface area (Å²) in [5, 5.41) is 22.7. The van der Waals surface area contributed by atoms with Crippen LogP contribution in [-0.2, 0) is 4.74 Å². The Bertz CT molecular complexity index is 1080. The van der Waals surface area contributed by atoms with E-state index < -0.39 is 33.5 Å². The summed E-state index contributed by atoms with van der Waals surface area (Å²) in [5.41, 5.74) is -1.31. The normalized spacial score (nSPS) is 15.9. The van der Waals surface area contributed by atoms with Gasteiger partial charge in [0.1, 0.15) is 17.2 Å². The molecule has 2 aromatic carbocycles. The lowest BCUT2D eigenvalue weighted by Crippen LogP contribution is -2.44. The van der Waals surface area contributed by atoms with Crippen LogP contribution in [0.4, 0.5) is 11.4 Å². The summed E-state index contributed by atoms with van der Waals surface area (Å²) in [6.07, 6.45) is 0.138. The monoisotopic (exact) mass is 467 g/mol. The van der Waals surface area contributed by atoms with Crippen molar-refractivity contribution < 1.29 is 24.2 Å². The van der Waals surface area contributed by atoms with E-state index in [0.717, 1.165) is 18.2 Å². The summed E-state index contributed by atoms with van der Waals surface area (Å²) in [5.74, 6) is -1.56. The van der Waals surface area contributed by atoms with E-state index >= 15 is 0 Å². The number of carbonyl (C=O) groups excluding carboxylic acids is 2. The van der Waals surface area contributed by atoms with Gasteiger partial charge in [0.25, 0.3) is 17.3 Å². The van der Waals surface area contributed by atoms with E-state index in [4.69, 9.17) is 27.9 Å². The molecule has 1 aliphatic heterocycles. The van der Waals surface area contributed by atoms with Crippen molar-refractivity contribution in [2.75, 3.05) is 13.1 Å². The van der Waals surface area contributed by atoms with Crippen molar-refractivity contribution in [2.24, 2.45) is 0 Å². The second kappa shape index (κ2) is 9.27. The van der Waals surface area contributed by atoms with E-state index in [1.54, 1.807) is 0 Å². The standard InChI is InChI=1S/C19H15Cl2N3O7/c20-11-3-5-16(23(27)28)14(8-11)18(25)22-7-1-2-13(10-22)31-19(26)15-9-12(21)4-6-17(15)24(29)30/h3-6,8-9,13H,1-2,7,10H2/t13-/m1/s1. The minimum absolute atomic E-state index is 0.0252. The van der Waals surface area contributed by atoms with E-state index in [2.05, 4.69) is 0 Å². The maximum absolute atomic E-state index is 12.9. The Kier molecular flexibility index (Phi) is 6.71. The Morgan fingerprint density at radius 3 is 2.10 bits per heavy atom. The zero-order valence-corrected chi connectivity index (χ0v) is 17.3. The van der Waals surface area contributed by atoms with Gasteiger partial charge in [0.15, 0.2) is 0 Å². The third-order valence-corrected chi connectivity index (χ3v) is 5.17. The molecule has 0 spiro atoms. The summed E-state index contributed by atoms with van der Waals surface area (Å²) in [4.78, 5) is 47.8. The van der Waals surface area contributed by atoms with Crippen LogP contribution in [0.2, 0.25) is 10.0 Å². The molecule has 0 radical (unpaired) electrons. The third-order valence-electron chi connectivity index (χ3n) is 4.70. The molecule has 31 heavy (non-hydrogen) atoms. The molecular formula is C19H15Cl2N3O7. The number of esters is 1. The van der Waals surface area contributed by atoms with E-state index in [0.29, 0.717) is 19.4 Å². The highest BCUT2D eigenvalue weighted by Crippen LogP contribution is 2.27. The van der Waals surface area contributed by atoms with Gasteiger partial charge in [-0.1, -0.05) is 23.2 Å². The molecule has 162 valence electrons. The summed E-state index contributed by atoms with van der Waals surface area (Å²) in [7, 11) is 0. The van der Waals surface area contributed by atoms with Crippen molar-refractivity contribution >= 4 is 46.5 Å². The first-order valence-corrected chi connectivity index (χ1v) is 9.81. The zero-order valence-electron chi connectivity index (χ0n) is 15.8. The molecule has 1 heterocycles. The highest BCUT2D eigenvalue weighted by atomic mass is 35.5. The molecule has 0 saturated carbocycles. The molecule has 10 nitrogen and oxygen atoms in total. The number of nitro benzene ring substituents is 2. The highest BCUT2D eigenvalue weighted by molar-refractivity contribution is 6.31. The Morgan fingerprint density at radius 2 is 1.52 bits per heavy atom. The van der Waals surface area contributed by atoms with Gasteiger partial charge in [-0.05, 0) is 37.1 Å². The van der Waals surface area contributed by atoms with Crippen LogP contribution < -0.4 is 0 Å². The fraction of sp³-hybridized carbons (Fsp3) is 0.263. The second-order valence-electron chi connectivity index (χ2n) is 6.76. The maximum Gasteiger partial charge on any atom is 0.345 e. The Hall–Kier alpha value is -3.24. The lowest BCUT2D eigenvalue weighted by Gasteiger charge is -2.32. The fourth-order valence-electron chi connectivity index (χ4n) is 3.27. The molecule has 1 amide bonds. The van der Waals surface area contributed by atoms with E-state index in [-0.39, 0.29) is 33.4 Å². The minimum atomic E-state index is -0.942. The van der Waals surface area contributed by atoms with Gasteiger partial charge < -0.3 is 9.64 Å². The molecule has 0 bridgehead atoms. The first-order chi connectivity index (χ1) is 14.7. The Balaban J connectivity index is 1.78. The van der Waals surface area contributed by atoms with Gasteiger partial charge in [0.2, 0.25) is 0 Å². The van der Waals surface area contributed by atoms with Crippen molar-refractivity contribution in [3.05, 3.63) is 77.8 Å². The van der Waals surface area contributed by atoms with Crippen molar-refractivity contribution in [3.63, 3.8) is 0 Å². The molecule has 1 saturated heterocycles. The van der Waals surface area contributed by atoms with Crippen LogP contribution in [0.25, 0.3) is 0 Å². The number of ether oxygens (including phenoxy) is 1. The summed E-state index contributed by atoms with van der Waals surface area (Å²) in [6.45, 7) is 0.274. The topological polar surface area (TPSA) is 133 Å². The molecule has 0 unspecified atom stereocenters. The number of benzene rings is 2. The minimum Gasteiger partial charge on any atom is -0.457 e. The van der Waals surface area contributed by atoms with E-state index in [9.17, 15) is 29.8 Å². The van der Waals surface area contributed by atoms with Crippen LogP contribution in [0.15, 0.2) is 36.4 Å². The van der Waals surface area contributed by atoms with Crippen molar-refractivity contribution in [1.29, 1.82) is 0 Å². The molecule has 0 N–H and O–H groups in total. The van der Waals surface area contributed by atoms with Crippen LogP contribution in [0, 0.1) is 20.2 Å². The lowest BCUT2D eigenvalue weighted by molar-refractivity contribution is -0.385. The number of amides is 1. The van der Waals surface area contributed by atoms with Gasteiger partial charge >= 0.3 is 5.97 Å². The third kappa shape index (κ3) is 5.09. The quantitative estimate of drug-likeness (QED) is 0.364. The average Bonchev–Trinajstić information content (AvgIpc) is 2.72. The first-order valence-electron chi connectivity index (χ1n) is 9.05. The van der Waals surface area contributed by atoms with Gasteiger partial charge in [-0.2, -0.15) is 0 Å². The molecule has 3 rings (SSSR count). The number of likely N-dealkylation sites (tertiary alicyclic amines) is 1. The van der Waals surface area contributed by atoms with Crippen molar-refractivity contribution in [2.45, 2.75) is 18.9 Å². The maximum atomic E-state index is 12.9. The summed E-state index contributed by atoms with van der Waals surface area (Å²) in [6, 6.07) is 7.21. The van der Waals surface area contributed by atoms with Gasteiger partial charge in [-0.3, -0.25) is 25.0 Å². The van der Waals surface area contributed by atoms with Crippen molar-refractivity contribution in [1.82, 2.24) is 4.90 Å².